The Bertz CT molecular complexity index is 651. The molecule has 4 nitrogen and oxygen atoms in total. The van der Waals surface area contributed by atoms with Crippen LogP contribution >= 0.6 is 11.3 Å². The molecule has 0 aliphatic carbocycles. The van der Waals surface area contributed by atoms with Gasteiger partial charge in [0.1, 0.15) is 5.75 Å². The highest BCUT2D eigenvalue weighted by atomic mass is 32.1. The number of aryl methyl sites for hydroxylation is 1. The minimum Gasteiger partial charge on any atom is -0.497 e. The summed E-state index contributed by atoms with van der Waals surface area (Å²) in [5.74, 6) is 0.965. The van der Waals surface area contributed by atoms with E-state index in [2.05, 4.69) is 24.0 Å². The summed E-state index contributed by atoms with van der Waals surface area (Å²) >= 11 is 1.80. The molecule has 0 unspecified atom stereocenters. The summed E-state index contributed by atoms with van der Waals surface area (Å²) in [5, 5.41) is 0. The maximum atomic E-state index is 12.4. The van der Waals surface area contributed by atoms with Gasteiger partial charge in [0.2, 0.25) is 5.91 Å². The van der Waals surface area contributed by atoms with Crippen LogP contribution in [-0.2, 0) is 11.3 Å². The Morgan fingerprint density at radius 1 is 1.14 bits per heavy atom. The third-order valence-corrected chi connectivity index (χ3v) is 4.84. The Balaban J connectivity index is 1.63. The van der Waals surface area contributed by atoms with E-state index < -0.39 is 0 Å². The molecule has 2 heterocycles. The Morgan fingerprint density at radius 2 is 1.91 bits per heavy atom. The summed E-state index contributed by atoms with van der Waals surface area (Å²) in [6, 6.07) is 12.0. The van der Waals surface area contributed by atoms with Crippen LogP contribution in [0, 0.1) is 6.92 Å². The predicted octanol–water partition coefficient (Wildman–Crippen LogP) is 2.91. The van der Waals surface area contributed by atoms with Crippen molar-refractivity contribution < 1.29 is 9.53 Å². The van der Waals surface area contributed by atoms with Crippen molar-refractivity contribution in [3.8, 4) is 5.75 Å². The maximum Gasteiger partial charge on any atom is 0.241 e. The molecule has 3 rings (SSSR count). The van der Waals surface area contributed by atoms with Gasteiger partial charge in [0.05, 0.1) is 13.7 Å². The van der Waals surface area contributed by atoms with Gasteiger partial charge in [-0.2, -0.15) is 0 Å². The summed E-state index contributed by atoms with van der Waals surface area (Å²) in [5.41, 5.74) is 0.942. The van der Waals surface area contributed by atoms with E-state index in [1.807, 2.05) is 29.2 Å². The van der Waals surface area contributed by atoms with Crippen molar-refractivity contribution in [2.75, 3.05) is 31.6 Å². The number of rotatable bonds is 4. The average Bonchev–Trinajstić information content (AvgIpc) is 2.93. The largest absolute Gasteiger partial charge is 0.497 e. The number of carbonyl (C=O) groups is 1. The second-order valence-corrected chi connectivity index (χ2v) is 6.84. The van der Waals surface area contributed by atoms with Gasteiger partial charge in [-0.1, -0.05) is 0 Å². The lowest BCUT2D eigenvalue weighted by molar-refractivity contribution is -0.121. The summed E-state index contributed by atoms with van der Waals surface area (Å²) < 4.78 is 5.16. The zero-order valence-electron chi connectivity index (χ0n) is 12.9. The first-order valence-corrected chi connectivity index (χ1v) is 8.19. The van der Waals surface area contributed by atoms with Gasteiger partial charge in [0.15, 0.2) is 0 Å². The molecular formula is C17H20N2O2S. The van der Waals surface area contributed by atoms with Crippen molar-refractivity contribution in [3.63, 3.8) is 0 Å². The normalized spacial score (nSPS) is 16.1. The molecule has 1 fully saturated rings. The number of methoxy groups -OCH3 is 1. The molecule has 2 aromatic rings. The average molecular weight is 316 g/mol. The van der Waals surface area contributed by atoms with Crippen LogP contribution < -0.4 is 9.64 Å². The molecule has 0 bridgehead atoms. The lowest BCUT2D eigenvalue weighted by Gasteiger charge is -2.34. The summed E-state index contributed by atoms with van der Waals surface area (Å²) in [7, 11) is 1.64. The van der Waals surface area contributed by atoms with Crippen LogP contribution in [0.5, 0.6) is 5.75 Å². The van der Waals surface area contributed by atoms with Gasteiger partial charge >= 0.3 is 0 Å². The first-order valence-electron chi connectivity index (χ1n) is 7.38. The van der Waals surface area contributed by atoms with Gasteiger partial charge in [0, 0.05) is 35.1 Å². The first kappa shape index (κ1) is 15.1. The van der Waals surface area contributed by atoms with Gasteiger partial charge in [-0.3, -0.25) is 9.69 Å². The number of ether oxygens (including phenoxy) is 1. The fourth-order valence-electron chi connectivity index (χ4n) is 2.68. The second kappa shape index (κ2) is 6.50. The minimum atomic E-state index is 0.157. The standard InChI is InChI=1S/C17H20N2O2S/c1-13-3-8-16(22-13)11-18-9-10-19(17(20)12-18)14-4-6-15(21-2)7-5-14/h3-8H,9-12H2,1-2H3. The highest BCUT2D eigenvalue weighted by Crippen LogP contribution is 2.23. The van der Waals surface area contributed by atoms with Crippen molar-refractivity contribution in [1.82, 2.24) is 4.90 Å². The number of piperazine rings is 1. The van der Waals surface area contributed by atoms with E-state index in [1.54, 1.807) is 18.4 Å². The van der Waals surface area contributed by atoms with E-state index in [1.165, 1.54) is 9.75 Å². The van der Waals surface area contributed by atoms with Gasteiger partial charge in [-0.25, -0.2) is 0 Å². The quantitative estimate of drug-likeness (QED) is 0.869. The number of thiophene rings is 1. The molecule has 5 heteroatoms. The number of nitrogens with zero attached hydrogens (tertiary/aromatic N) is 2. The fourth-order valence-corrected chi connectivity index (χ4v) is 3.62. The number of amides is 1. The fraction of sp³-hybridized carbons (Fsp3) is 0.353. The van der Waals surface area contributed by atoms with Crippen LogP contribution in [0.2, 0.25) is 0 Å². The Kier molecular flexibility index (Phi) is 4.45. The van der Waals surface area contributed by atoms with Gasteiger partial charge in [-0.05, 0) is 43.3 Å². The van der Waals surface area contributed by atoms with Crippen molar-refractivity contribution in [3.05, 3.63) is 46.2 Å². The molecule has 0 radical (unpaired) electrons. The minimum absolute atomic E-state index is 0.157. The molecule has 0 saturated carbocycles. The second-order valence-electron chi connectivity index (χ2n) is 5.47. The van der Waals surface area contributed by atoms with E-state index in [-0.39, 0.29) is 5.91 Å². The first-order chi connectivity index (χ1) is 10.7. The number of anilines is 1. The zero-order valence-corrected chi connectivity index (χ0v) is 13.7. The topological polar surface area (TPSA) is 32.8 Å². The SMILES string of the molecule is COc1ccc(N2CCN(Cc3ccc(C)s3)CC2=O)cc1. The molecule has 1 amide bonds. The monoisotopic (exact) mass is 316 g/mol. The van der Waals surface area contributed by atoms with Gasteiger partial charge in [-0.15, -0.1) is 11.3 Å². The molecule has 1 saturated heterocycles. The van der Waals surface area contributed by atoms with Crippen LogP contribution in [0.25, 0.3) is 0 Å². The summed E-state index contributed by atoms with van der Waals surface area (Å²) in [6.07, 6.45) is 0. The third-order valence-electron chi connectivity index (χ3n) is 3.86. The highest BCUT2D eigenvalue weighted by molar-refractivity contribution is 7.11. The smallest absolute Gasteiger partial charge is 0.241 e. The van der Waals surface area contributed by atoms with Crippen molar-refractivity contribution >= 4 is 22.9 Å². The lowest BCUT2D eigenvalue weighted by atomic mass is 10.2. The molecule has 1 aliphatic rings. The molecule has 0 spiro atoms. The molecule has 116 valence electrons. The van der Waals surface area contributed by atoms with E-state index in [0.717, 1.165) is 31.1 Å². The maximum absolute atomic E-state index is 12.4. The van der Waals surface area contributed by atoms with Crippen molar-refractivity contribution in [2.45, 2.75) is 13.5 Å². The van der Waals surface area contributed by atoms with Gasteiger partial charge < -0.3 is 9.64 Å². The Morgan fingerprint density at radius 3 is 2.50 bits per heavy atom. The number of hydrogen-bond donors (Lipinski definition) is 0. The van der Waals surface area contributed by atoms with Crippen LogP contribution in [-0.4, -0.2) is 37.6 Å². The van der Waals surface area contributed by atoms with Crippen LogP contribution in [0.1, 0.15) is 9.75 Å². The lowest BCUT2D eigenvalue weighted by Crippen LogP contribution is -2.50. The molecule has 0 N–H and O–H groups in total. The molecule has 1 aliphatic heterocycles. The van der Waals surface area contributed by atoms with E-state index in [9.17, 15) is 4.79 Å². The summed E-state index contributed by atoms with van der Waals surface area (Å²) in [4.78, 5) is 19.1. The number of hydrogen-bond acceptors (Lipinski definition) is 4. The van der Waals surface area contributed by atoms with Crippen molar-refractivity contribution in [1.29, 1.82) is 0 Å². The third kappa shape index (κ3) is 3.31. The van der Waals surface area contributed by atoms with Crippen LogP contribution in [0.15, 0.2) is 36.4 Å². The molecule has 1 aromatic heterocycles. The molecule has 0 atom stereocenters. The van der Waals surface area contributed by atoms with Crippen LogP contribution in [0.3, 0.4) is 0 Å². The molecular weight excluding hydrogens is 296 g/mol. The van der Waals surface area contributed by atoms with E-state index >= 15 is 0 Å². The van der Waals surface area contributed by atoms with E-state index in [0.29, 0.717) is 6.54 Å². The highest BCUT2D eigenvalue weighted by Gasteiger charge is 2.25. The number of carbonyl (C=O) groups excluding carboxylic acids is 1. The Hall–Kier alpha value is -1.85. The van der Waals surface area contributed by atoms with Gasteiger partial charge in [0.25, 0.3) is 0 Å². The summed E-state index contributed by atoms with van der Waals surface area (Å²) in [6.45, 7) is 5.08. The van der Waals surface area contributed by atoms with Crippen molar-refractivity contribution in [2.24, 2.45) is 0 Å². The molecule has 22 heavy (non-hydrogen) atoms. The number of benzene rings is 1. The predicted molar refractivity (Wildman–Crippen MR) is 89.7 cm³/mol. The Labute approximate surface area is 134 Å². The molecule has 1 aromatic carbocycles. The zero-order chi connectivity index (χ0) is 15.5. The van der Waals surface area contributed by atoms with E-state index in [4.69, 9.17) is 4.74 Å². The van der Waals surface area contributed by atoms with Crippen LogP contribution in [0.4, 0.5) is 5.69 Å².